The number of carbonyl (C=O) groups is 1. The zero-order chi connectivity index (χ0) is 21.9. The number of amides is 1. The van der Waals surface area contributed by atoms with Gasteiger partial charge in [-0.3, -0.25) is 4.79 Å². The van der Waals surface area contributed by atoms with E-state index in [4.69, 9.17) is 9.63 Å². The van der Waals surface area contributed by atoms with E-state index in [0.717, 1.165) is 48.8 Å². The van der Waals surface area contributed by atoms with Gasteiger partial charge >= 0.3 is 0 Å². The molecule has 0 aliphatic heterocycles. The van der Waals surface area contributed by atoms with E-state index in [0.29, 0.717) is 23.3 Å². The Kier molecular flexibility index (Phi) is 4.48. The van der Waals surface area contributed by atoms with E-state index in [1.807, 2.05) is 12.3 Å². The molecule has 0 aromatic carbocycles. The number of carbonyl (C=O) groups excluding carboxylic acids is 1. The van der Waals surface area contributed by atoms with Crippen molar-refractivity contribution in [1.82, 2.24) is 25.4 Å². The van der Waals surface area contributed by atoms with Crippen LogP contribution in [-0.2, 0) is 0 Å². The van der Waals surface area contributed by atoms with Crippen molar-refractivity contribution in [2.45, 2.75) is 43.7 Å². The van der Waals surface area contributed by atoms with Crippen LogP contribution in [-0.4, -0.2) is 61.0 Å². The zero-order valence-corrected chi connectivity index (χ0v) is 17.5. The second-order valence-corrected chi connectivity index (χ2v) is 9.55. The Balaban J connectivity index is 1.35. The molecule has 4 aliphatic carbocycles. The predicted molar refractivity (Wildman–Crippen MR) is 115 cm³/mol. The Labute approximate surface area is 183 Å². The predicted octanol–water partition coefficient (Wildman–Crippen LogP) is 1.69. The minimum absolute atomic E-state index is 0.0922. The lowest BCUT2D eigenvalue weighted by Gasteiger charge is -2.58. The van der Waals surface area contributed by atoms with E-state index >= 15 is 0 Å². The lowest BCUT2D eigenvalue weighted by Crippen LogP contribution is -2.59. The molecule has 1 amide bonds. The second kappa shape index (κ2) is 7.28. The van der Waals surface area contributed by atoms with E-state index in [1.54, 1.807) is 6.20 Å². The molecule has 10 heteroatoms. The number of nitrogens with one attached hydrogen (secondary N) is 3. The summed E-state index contributed by atoms with van der Waals surface area (Å²) >= 11 is 0. The van der Waals surface area contributed by atoms with Crippen LogP contribution in [0.2, 0.25) is 0 Å². The molecule has 32 heavy (non-hydrogen) atoms. The summed E-state index contributed by atoms with van der Waals surface area (Å²) in [6, 6.07) is 2.21. The van der Waals surface area contributed by atoms with Crippen molar-refractivity contribution >= 4 is 22.6 Å². The van der Waals surface area contributed by atoms with Crippen molar-refractivity contribution in [3.63, 3.8) is 0 Å². The smallest absolute Gasteiger partial charge is 0.292 e. The van der Waals surface area contributed by atoms with Gasteiger partial charge in [0.1, 0.15) is 5.65 Å². The molecule has 0 saturated heterocycles. The second-order valence-electron chi connectivity index (χ2n) is 9.55. The third-order valence-electron chi connectivity index (χ3n) is 7.40. The van der Waals surface area contributed by atoms with Crippen LogP contribution in [0.4, 0.5) is 5.69 Å². The Hall–Kier alpha value is -2.98. The lowest BCUT2D eigenvalue weighted by atomic mass is 9.52. The Morgan fingerprint density at radius 3 is 2.84 bits per heavy atom. The maximum Gasteiger partial charge on any atom is 0.292 e. The van der Waals surface area contributed by atoms with Crippen LogP contribution < -0.4 is 10.6 Å². The van der Waals surface area contributed by atoms with Crippen molar-refractivity contribution in [2.75, 3.05) is 18.5 Å². The van der Waals surface area contributed by atoms with Gasteiger partial charge in [-0.05, 0) is 55.9 Å². The Morgan fingerprint density at radius 2 is 2.09 bits per heavy atom. The molecule has 4 saturated carbocycles. The number of hydrogen-bond donors (Lipinski definition) is 5. The molecule has 3 aromatic heterocycles. The monoisotopic (exact) mass is 438 g/mol. The topological polar surface area (TPSA) is 149 Å². The molecule has 5 N–H and O–H groups in total. The average molecular weight is 438 g/mol. The van der Waals surface area contributed by atoms with Gasteiger partial charge in [-0.25, -0.2) is 4.98 Å². The normalized spacial score (nSPS) is 30.7. The van der Waals surface area contributed by atoms with E-state index in [1.165, 1.54) is 0 Å². The number of pyridine rings is 1. The minimum Gasteiger partial charge on any atom is -0.395 e. The van der Waals surface area contributed by atoms with E-state index in [-0.39, 0.29) is 30.9 Å². The Morgan fingerprint density at radius 1 is 1.28 bits per heavy atom. The first kappa shape index (κ1) is 19.7. The fraction of sp³-hybridized carbons (Fsp3) is 0.545. The molecule has 168 valence electrons. The van der Waals surface area contributed by atoms with E-state index in [9.17, 15) is 9.90 Å². The number of hydrogen-bond acceptors (Lipinski definition) is 8. The molecule has 4 aliphatic rings. The number of aliphatic hydroxyl groups is 2. The van der Waals surface area contributed by atoms with Gasteiger partial charge in [-0.2, -0.15) is 4.98 Å². The third-order valence-corrected chi connectivity index (χ3v) is 7.40. The zero-order valence-electron chi connectivity index (χ0n) is 17.5. The van der Waals surface area contributed by atoms with Gasteiger partial charge in [0.15, 0.2) is 0 Å². The highest BCUT2D eigenvalue weighted by Crippen LogP contribution is 2.56. The molecule has 0 radical (unpaired) electrons. The van der Waals surface area contributed by atoms with Crippen LogP contribution in [0.15, 0.2) is 23.0 Å². The summed E-state index contributed by atoms with van der Waals surface area (Å²) in [5, 5.41) is 30.9. The van der Waals surface area contributed by atoms with Crippen LogP contribution in [0.25, 0.3) is 22.5 Å². The van der Waals surface area contributed by atoms with E-state index < -0.39 is 11.5 Å². The van der Waals surface area contributed by atoms with Gasteiger partial charge in [-0.15, -0.1) is 0 Å². The molecule has 2 unspecified atom stereocenters. The summed E-state index contributed by atoms with van der Waals surface area (Å²) in [5.41, 5.74) is 1.74. The van der Waals surface area contributed by atoms with Crippen LogP contribution in [0.3, 0.4) is 0 Å². The van der Waals surface area contributed by atoms with Crippen LogP contribution >= 0.6 is 0 Å². The highest BCUT2D eigenvalue weighted by atomic mass is 16.5. The number of anilines is 1. The SMILES string of the molecule is O=C(NCCO)c1noc(-c2cnc3[nH]ccc3c2N[C@H]2C3CC4CC2C[C@@](O)(C4)C3)n1. The molecular weight excluding hydrogens is 412 g/mol. The van der Waals surface area contributed by atoms with Gasteiger partial charge in [-0.1, -0.05) is 5.16 Å². The molecule has 3 aromatic rings. The molecule has 7 rings (SSSR count). The van der Waals surface area contributed by atoms with Gasteiger partial charge in [0.05, 0.1) is 23.5 Å². The number of H-pyrrole nitrogens is 1. The maximum absolute atomic E-state index is 12.2. The number of nitrogens with zero attached hydrogens (tertiary/aromatic N) is 3. The number of aromatic amines is 1. The largest absolute Gasteiger partial charge is 0.395 e. The Bertz CT molecular complexity index is 1160. The number of aliphatic hydroxyl groups excluding tert-OH is 1. The number of aromatic nitrogens is 4. The van der Waals surface area contributed by atoms with Crippen molar-refractivity contribution in [1.29, 1.82) is 0 Å². The molecule has 0 spiro atoms. The van der Waals surface area contributed by atoms with Gasteiger partial charge in [0, 0.05) is 30.4 Å². The number of fused-ring (bicyclic) bond motifs is 1. The lowest BCUT2D eigenvalue weighted by molar-refractivity contribution is -0.129. The molecule has 3 heterocycles. The van der Waals surface area contributed by atoms with Crippen LogP contribution in [0.5, 0.6) is 0 Å². The van der Waals surface area contributed by atoms with Gasteiger partial charge in [0.25, 0.3) is 17.6 Å². The summed E-state index contributed by atoms with van der Waals surface area (Å²) in [6.07, 6.45) is 8.42. The molecular formula is C22H26N6O4. The maximum atomic E-state index is 12.2. The highest BCUT2D eigenvalue weighted by molar-refractivity contribution is 5.97. The first-order valence-corrected chi connectivity index (χ1v) is 11.2. The molecule has 2 atom stereocenters. The van der Waals surface area contributed by atoms with Crippen LogP contribution in [0.1, 0.15) is 42.7 Å². The number of rotatable bonds is 6. The quantitative estimate of drug-likeness (QED) is 0.390. The molecule has 10 nitrogen and oxygen atoms in total. The van der Waals surface area contributed by atoms with Crippen molar-refractivity contribution < 1.29 is 19.5 Å². The van der Waals surface area contributed by atoms with Crippen molar-refractivity contribution in [3.05, 3.63) is 24.3 Å². The standard InChI is InChI=1S/C22H26N6O4/c29-4-3-24-20(30)19-27-21(32-28-19)15-10-25-18-14(1-2-23-18)17(15)26-16-12-5-11-6-13(16)9-22(31,7-11)8-12/h1-2,10-13,16,29,31H,3-9H2,(H,24,30)(H2,23,25,26)/t11?,12?,13?,16-,22+. The fourth-order valence-electron chi connectivity index (χ4n) is 6.38. The first-order valence-electron chi connectivity index (χ1n) is 11.2. The van der Waals surface area contributed by atoms with Crippen molar-refractivity contribution in [3.8, 4) is 11.5 Å². The minimum atomic E-state index is -0.506. The van der Waals surface area contributed by atoms with E-state index in [2.05, 4.69) is 30.7 Å². The van der Waals surface area contributed by atoms with Crippen molar-refractivity contribution in [2.24, 2.45) is 17.8 Å². The summed E-state index contributed by atoms with van der Waals surface area (Å²) in [6.45, 7) is -0.0531. The first-order chi connectivity index (χ1) is 15.5. The molecule has 4 bridgehead atoms. The summed E-state index contributed by atoms with van der Waals surface area (Å²) in [4.78, 5) is 24.1. The summed E-state index contributed by atoms with van der Waals surface area (Å²) < 4.78 is 5.43. The fourth-order valence-corrected chi connectivity index (χ4v) is 6.38. The highest BCUT2D eigenvalue weighted by Gasteiger charge is 2.54. The van der Waals surface area contributed by atoms with Crippen LogP contribution in [0, 0.1) is 17.8 Å². The van der Waals surface area contributed by atoms with Gasteiger partial charge < -0.3 is 30.4 Å². The van der Waals surface area contributed by atoms with Gasteiger partial charge in [0.2, 0.25) is 0 Å². The summed E-state index contributed by atoms with van der Waals surface area (Å²) in [7, 11) is 0. The average Bonchev–Trinajstić information content (AvgIpc) is 3.43. The third kappa shape index (κ3) is 3.17. The molecule has 4 fully saturated rings. The summed E-state index contributed by atoms with van der Waals surface area (Å²) in [5.74, 6) is 1.07.